The Morgan fingerprint density at radius 3 is 2.69 bits per heavy atom. The normalized spacial score (nSPS) is 11.8. The molecule has 4 nitrogen and oxygen atoms in total. The van der Waals surface area contributed by atoms with Gasteiger partial charge in [0, 0.05) is 36.2 Å². The van der Waals surface area contributed by atoms with Crippen LogP contribution in [0.5, 0.6) is 5.75 Å². The quantitative estimate of drug-likeness (QED) is 0.193. The van der Waals surface area contributed by atoms with Crippen molar-refractivity contribution in [2.24, 2.45) is 0 Å². The second-order valence-corrected chi connectivity index (χ2v) is 11.6. The third kappa shape index (κ3) is 5.59. The van der Waals surface area contributed by atoms with Crippen molar-refractivity contribution in [3.63, 3.8) is 0 Å². The number of thiophene rings is 2. The number of fused-ring (bicyclic) bond motifs is 1. The van der Waals surface area contributed by atoms with Crippen LogP contribution in [0.15, 0.2) is 87.5 Å². The molecule has 0 fully saturated rings. The van der Waals surface area contributed by atoms with Crippen LogP contribution in [-0.2, 0) is 4.79 Å². The van der Waals surface area contributed by atoms with E-state index in [1.54, 1.807) is 34.4 Å². The van der Waals surface area contributed by atoms with Crippen molar-refractivity contribution in [1.29, 1.82) is 0 Å². The van der Waals surface area contributed by atoms with E-state index in [2.05, 4.69) is 66.9 Å². The van der Waals surface area contributed by atoms with Gasteiger partial charge in [0.15, 0.2) is 6.61 Å². The van der Waals surface area contributed by atoms with E-state index in [0.29, 0.717) is 5.75 Å². The highest BCUT2D eigenvalue weighted by Crippen LogP contribution is 2.36. The maximum Gasteiger partial charge on any atom is 0.341 e. The number of carbonyl (C=O) groups is 1. The fourth-order valence-electron chi connectivity index (χ4n) is 3.91. The number of benzene rings is 2. The molecule has 5 aromatic rings. The standard InChI is InChI=1S/C29H24O4S3/c1-18-14-22(7-9-24(18)32-17-29(30)31)34-13-11-23(28-4-3-12-35-28)26-16-21-15-20(6-8-25(21)33-26)27-10-5-19(2)36-27/h3-12,14-16H,13,17H2,1-2H3,(H,30,31)/b23-11-. The van der Waals surface area contributed by atoms with Gasteiger partial charge in [0.05, 0.1) is 0 Å². The Balaban J connectivity index is 1.38. The van der Waals surface area contributed by atoms with Crippen molar-refractivity contribution in [2.45, 2.75) is 18.7 Å². The summed E-state index contributed by atoms with van der Waals surface area (Å²) in [6, 6.07) is 22.8. The molecule has 0 spiro atoms. The van der Waals surface area contributed by atoms with Gasteiger partial charge in [0.25, 0.3) is 0 Å². The van der Waals surface area contributed by atoms with Crippen molar-refractivity contribution < 1.29 is 19.1 Å². The van der Waals surface area contributed by atoms with Gasteiger partial charge in [-0.05, 0) is 91.0 Å². The van der Waals surface area contributed by atoms with E-state index in [1.165, 1.54) is 15.3 Å². The zero-order valence-electron chi connectivity index (χ0n) is 19.8. The summed E-state index contributed by atoms with van der Waals surface area (Å²) in [7, 11) is 0. The summed E-state index contributed by atoms with van der Waals surface area (Å²) < 4.78 is 11.6. The molecule has 7 heteroatoms. The first-order valence-electron chi connectivity index (χ1n) is 11.4. The second-order valence-electron chi connectivity index (χ2n) is 8.29. The SMILES string of the molecule is Cc1ccc(-c2ccc3oc(/C(=C/CSc4ccc(OCC(=O)O)c(C)c4)c4cccs4)cc3c2)s1. The summed E-state index contributed by atoms with van der Waals surface area (Å²) in [5.74, 6) is 1.23. The number of carboxylic acid groups (broad SMARTS) is 1. The number of aliphatic carboxylic acids is 1. The Kier molecular flexibility index (Phi) is 7.32. The van der Waals surface area contributed by atoms with E-state index in [0.717, 1.165) is 43.4 Å². The van der Waals surface area contributed by atoms with E-state index in [-0.39, 0.29) is 6.61 Å². The Morgan fingerprint density at radius 2 is 1.97 bits per heavy atom. The molecule has 0 saturated carbocycles. The first-order chi connectivity index (χ1) is 17.5. The predicted octanol–water partition coefficient (Wildman–Crippen LogP) is 8.53. The zero-order valence-corrected chi connectivity index (χ0v) is 22.3. The van der Waals surface area contributed by atoms with E-state index in [9.17, 15) is 4.79 Å². The van der Waals surface area contributed by atoms with Crippen LogP contribution in [0, 0.1) is 13.8 Å². The van der Waals surface area contributed by atoms with E-state index in [4.69, 9.17) is 14.3 Å². The average Bonchev–Trinajstić information content (AvgIpc) is 3.61. The van der Waals surface area contributed by atoms with Gasteiger partial charge >= 0.3 is 5.97 Å². The summed E-state index contributed by atoms with van der Waals surface area (Å²) in [6.45, 7) is 3.71. The highest BCUT2D eigenvalue weighted by atomic mass is 32.2. The van der Waals surface area contributed by atoms with Crippen molar-refractivity contribution in [3.8, 4) is 16.2 Å². The maximum atomic E-state index is 10.8. The molecule has 2 aromatic carbocycles. The minimum absolute atomic E-state index is 0.341. The van der Waals surface area contributed by atoms with Crippen LogP contribution in [-0.4, -0.2) is 23.4 Å². The molecule has 0 radical (unpaired) electrons. The van der Waals surface area contributed by atoms with Gasteiger partial charge in [0.1, 0.15) is 17.1 Å². The molecule has 5 rings (SSSR count). The zero-order chi connectivity index (χ0) is 25.1. The van der Waals surface area contributed by atoms with Crippen LogP contribution in [0.4, 0.5) is 0 Å². The van der Waals surface area contributed by atoms with Gasteiger partial charge < -0.3 is 14.3 Å². The molecule has 0 aliphatic carbocycles. The lowest BCUT2D eigenvalue weighted by molar-refractivity contribution is -0.139. The van der Waals surface area contributed by atoms with Gasteiger partial charge in [0.2, 0.25) is 0 Å². The van der Waals surface area contributed by atoms with Crippen molar-refractivity contribution in [3.05, 3.63) is 99.3 Å². The first-order valence-corrected chi connectivity index (χ1v) is 14.1. The third-order valence-corrected chi connectivity index (χ3v) is 8.50. The topological polar surface area (TPSA) is 59.7 Å². The minimum Gasteiger partial charge on any atom is -0.482 e. The van der Waals surface area contributed by atoms with Gasteiger partial charge in [-0.25, -0.2) is 4.79 Å². The van der Waals surface area contributed by atoms with Crippen LogP contribution in [0.2, 0.25) is 0 Å². The highest BCUT2D eigenvalue weighted by Gasteiger charge is 2.14. The molecule has 0 bridgehead atoms. The number of hydrogen-bond donors (Lipinski definition) is 1. The molecule has 3 aromatic heterocycles. The Labute approximate surface area is 221 Å². The molecule has 182 valence electrons. The summed E-state index contributed by atoms with van der Waals surface area (Å²) in [5.41, 5.74) is 4.08. The molecule has 0 amide bonds. The second kappa shape index (κ2) is 10.8. The molecule has 36 heavy (non-hydrogen) atoms. The van der Waals surface area contributed by atoms with Gasteiger partial charge in [-0.2, -0.15) is 0 Å². The summed E-state index contributed by atoms with van der Waals surface area (Å²) >= 11 is 5.21. The van der Waals surface area contributed by atoms with E-state index in [1.807, 2.05) is 25.1 Å². The van der Waals surface area contributed by atoms with Crippen molar-refractivity contribution in [1.82, 2.24) is 0 Å². The Bertz CT molecular complexity index is 1540. The minimum atomic E-state index is -0.984. The molecule has 0 atom stereocenters. The molecular weight excluding hydrogens is 509 g/mol. The predicted molar refractivity (Wildman–Crippen MR) is 151 cm³/mol. The molecule has 0 aliphatic rings. The van der Waals surface area contributed by atoms with E-state index < -0.39 is 5.97 Å². The molecule has 1 N–H and O–H groups in total. The summed E-state index contributed by atoms with van der Waals surface area (Å²) in [6.07, 6.45) is 2.21. The molecular formula is C29H24O4S3. The fourth-order valence-corrected chi connectivity index (χ4v) is 6.41. The van der Waals surface area contributed by atoms with Crippen LogP contribution < -0.4 is 4.74 Å². The lowest BCUT2D eigenvalue weighted by Gasteiger charge is -2.08. The summed E-state index contributed by atoms with van der Waals surface area (Å²) in [4.78, 5) is 15.6. The van der Waals surface area contributed by atoms with Crippen LogP contribution in [0.3, 0.4) is 0 Å². The smallest absolute Gasteiger partial charge is 0.341 e. The fraction of sp³-hybridized carbons (Fsp3) is 0.138. The number of aryl methyl sites for hydroxylation is 2. The van der Waals surface area contributed by atoms with Crippen LogP contribution >= 0.6 is 34.4 Å². The number of thioether (sulfide) groups is 1. The van der Waals surface area contributed by atoms with Crippen molar-refractivity contribution in [2.75, 3.05) is 12.4 Å². The van der Waals surface area contributed by atoms with Gasteiger partial charge in [-0.15, -0.1) is 34.4 Å². The highest BCUT2D eigenvalue weighted by molar-refractivity contribution is 7.99. The molecule has 0 aliphatic heterocycles. The third-order valence-electron chi connectivity index (χ3n) is 5.63. The van der Waals surface area contributed by atoms with Gasteiger partial charge in [-0.3, -0.25) is 0 Å². The number of hydrogen-bond acceptors (Lipinski definition) is 6. The lowest BCUT2D eigenvalue weighted by Crippen LogP contribution is -2.09. The van der Waals surface area contributed by atoms with Crippen LogP contribution in [0.1, 0.15) is 21.1 Å². The molecule has 3 heterocycles. The number of ether oxygens (including phenoxy) is 1. The Hall–Kier alpha value is -3.26. The number of furan rings is 1. The monoisotopic (exact) mass is 532 g/mol. The largest absolute Gasteiger partial charge is 0.482 e. The van der Waals surface area contributed by atoms with E-state index >= 15 is 0 Å². The first kappa shape index (κ1) is 24.4. The maximum absolute atomic E-state index is 10.8. The lowest BCUT2D eigenvalue weighted by atomic mass is 10.1. The Morgan fingerprint density at radius 1 is 1.08 bits per heavy atom. The number of rotatable bonds is 9. The average molecular weight is 533 g/mol. The van der Waals surface area contributed by atoms with Gasteiger partial charge in [-0.1, -0.05) is 12.1 Å². The molecule has 0 saturated heterocycles. The summed E-state index contributed by atoms with van der Waals surface area (Å²) in [5, 5.41) is 12.0. The van der Waals surface area contributed by atoms with Crippen LogP contribution in [0.25, 0.3) is 27.0 Å². The number of carboxylic acids is 1. The molecule has 0 unspecified atom stereocenters. The van der Waals surface area contributed by atoms with Crippen molar-refractivity contribution >= 4 is 56.9 Å².